The average Bonchev–Trinajstić information content (AvgIpc) is 2.65. The first-order chi connectivity index (χ1) is 14.2. The SMILES string of the molecule is FC(F)(F)c1ccc(/C=N/OCCOc2c(Cl)cc(OCC=C(Cl)Cl)cc2Cl)cc1. The molecule has 2 aromatic carbocycles. The van der Waals surface area contributed by atoms with Crippen LogP contribution in [0.4, 0.5) is 13.2 Å². The minimum Gasteiger partial charge on any atom is -0.489 e. The highest BCUT2D eigenvalue weighted by molar-refractivity contribution is 6.55. The minimum atomic E-state index is -4.38. The summed E-state index contributed by atoms with van der Waals surface area (Å²) in [5.74, 6) is 0.646. The van der Waals surface area contributed by atoms with Crippen molar-refractivity contribution in [3.8, 4) is 11.5 Å². The van der Waals surface area contributed by atoms with Crippen molar-refractivity contribution in [1.82, 2.24) is 0 Å². The van der Waals surface area contributed by atoms with E-state index in [0.29, 0.717) is 11.3 Å². The van der Waals surface area contributed by atoms with Gasteiger partial charge in [-0.15, -0.1) is 0 Å². The molecule has 0 saturated carbocycles. The van der Waals surface area contributed by atoms with Crippen LogP contribution in [0.5, 0.6) is 11.5 Å². The van der Waals surface area contributed by atoms with Crippen molar-refractivity contribution in [3.63, 3.8) is 0 Å². The van der Waals surface area contributed by atoms with Gasteiger partial charge in [0.15, 0.2) is 12.4 Å². The van der Waals surface area contributed by atoms with E-state index in [1.54, 1.807) is 0 Å². The number of hydrogen-bond acceptors (Lipinski definition) is 4. The Morgan fingerprint density at radius 2 is 1.60 bits per heavy atom. The van der Waals surface area contributed by atoms with Crippen molar-refractivity contribution < 1.29 is 27.5 Å². The molecule has 0 radical (unpaired) electrons. The Hall–Kier alpha value is -1.80. The smallest absolute Gasteiger partial charge is 0.416 e. The molecule has 0 aliphatic heterocycles. The van der Waals surface area contributed by atoms with Crippen molar-refractivity contribution in [2.24, 2.45) is 5.16 Å². The predicted octanol–water partition coefficient (Wildman–Crippen LogP) is 7.14. The Morgan fingerprint density at radius 3 is 2.17 bits per heavy atom. The number of halogens is 7. The van der Waals surface area contributed by atoms with Crippen LogP contribution in [0, 0.1) is 0 Å². The second-order valence-electron chi connectivity index (χ2n) is 5.56. The highest BCUT2D eigenvalue weighted by atomic mass is 35.5. The molecule has 0 unspecified atom stereocenters. The monoisotopic (exact) mass is 501 g/mol. The van der Waals surface area contributed by atoms with E-state index in [9.17, 15) is 13.2 Å². The maximum absolute atomic E-state index is 12.5. The molecule has 11 heteroatoms. The van der Waals surface area contributed by atoms with E-state index < -0.39 is 11.7 Å². The molecule has 0 heterocycles. The summed E-state index contributed by atoms with van der Waals surface area (Å²) in [7, 11) is 0. The number of alkyl halides is 3. The van der Waals surface area contributed by atoms with Gasteiger partial charge in [0.2, 0.25) is 0 Å². The lowest BCUT2D eigenvalue weighted by Gasteiger charge is -2.11. The zero-order valence-corrected chi connectivity index (χ0v) is 18.1. The fraction of sp³-hybridized carbons (Fsp3) is 0.211. The normalized spacial score (nSPS) is 11.4. The number of hydrogen-bond donors (Lipinski definition) is 0. The van der Waals surface area contributed by atoms with Gasteiger partial charge in [-0.3, -0.25) is 0 Å². The summed E-state index contributed by atoms with van der Waals surface area (Å²) < 4.78 is 48.4. The zero-order valence-electron chi connectivity index (χ0n) is 15.1. The van der Waals surface area contributed by atoms with E-state index in [-0.39, 0.29) is 40.1 Å². The first kappa shape index (κ1) is 24.5. The lowest BCUT2D eigenvalue weighted by atomic mass is 10.1. The lowest BCUT2D eigenvalue weighted by molar-refractivity contribution is -0.137. The molecule has 0 atom stereocenters. The Balaban J connectivity index is 1.80. The molecule has 0 bridgehead atoms. The summed E-state index contributed by atoms with van der Waals surface area (Å²) in [5, 5.41) is 4.13. The third-order valence-electron chi connectivity index (χ3n) is 3.39. The second-order valence-corrected chi connectivity index (χ2v) is 7.38. The van der Waals surface area contributed by atoms with Crippen molar-refractivity contribution in [1.29, 1.82) is 0 Å². The molecule has 30 heavy (non-hydrogen) atoms. The number of rotatable bonds is 9. The van der Waals surface area contributed by atoms with Crippen LogP contribution in [-0.4, -0.2) is 26.0 Å². The lowest BCUT2D eigenvalue weighted by Crippen LogP contribution is -2.05. The molecule has 2 rings (SSSR count). The van der Waals surface area contributed by atoms with E-state index >= 15 is 0 Å². The van der Waals surface area contributed by atoms with Crippen molar-refractivity contribution >= 4 is 52.6 Å². The van der Waals surface area contributed by atoms with Crippen LogP contribution in [0.2, 0.25) is 10.0 Å². The summed E-state index contributed by atoms with van der Waals surface area (Å²) >= 11 is 23.3. The molecular formula is C19H14Cl4F3NO3. The molecule has 0 aromatic heterocycles. The van der Waals surface area contributed by atoms with E-state index in [2.05, 4.69) is 5.16 Å². The summed E-state index contributed by atoms with van der Waals surface area (Å²) in [4.78, 5) is 5.02. The molecule has 0 amide bonds. The first-order valence-corrected chi connectivity index (χ1v) is 9.76. The number of oxime groups is 1. The largest absolute Gasteiger partial charge is 0.489 e. The Labute approximate surface area is 190 Å². The van der Waals surface area contributed by atoms with E-state index in [4.69, 9.17) is 60.7 Å². The van der Waals surface area contributed by atoms with Gasteiger partial charge in [-0.05, 0) is 23.8 Å². The number of benzene rings is 2. The van der Waals surface area contributed by atoms with Crippen LogP contribution in [0.3, 0.4) is 0 Å². The quantitative estimate of drug-likeness (QED) is 0.208. The molecule has 0 N–H and O–H groups in total. The van der Waals surface area contributed by atoms with Gasteiger partial charge in [0.1, 0.15) is 23.5 Å². The third-order valence-corrected chi connectivity index (χ3v) is 4.26. The maximum atomic E-state index is 12.5. The molecule has 0 aliphatic rings. The third kappa shape index (κ3) is 8.14. The standard InChI is InChI=1S/C19H14Cl4F3NO3/c20-15-9-14(28-6-5-17(22)23)10-16(21)18(15)29-7-8-30-27-11-12-1-3-13(4-2-12)19(24,25)26/h1-5,9-11H,6-8H2/b27-11+. The molecule has 0 fully saturated rings. The molecule has 2 aromatic rings. The van der Waals surface area contributed by atoms with Gasteiger partial charge in [0, 0.05) is 12.1 Å². The highest BCUT2D eigenvalue weighted by Crippen LogP contribution is 2.37. The van der Waals surface area contributed by atoms with E-state index in [0.717, 1.165) is 12.1 Å². The van der Waals surface area contributed by atoms with Crippen molar-refractivity contribution in [2.75, 3.05) is 19.8 Å². The number of ether oxygens (including phenoxy) is 2. The maximum Gasteiger partial charge on any atom is 0.416 e. The molecule has 0 saturated heterocycles. The minimum absolute atomic E-state index is 0.0566. The first-order valence-electron chi connectivity index (χ1n) is 8.25. The van der Waals surface area contributed by atoms with Gasteiger partial charge in [-0.25, -0.2) is 0 Å². The van der Waals surface area contributed by atoms with Crippen molar-refractivity contribution in [3.05, 3.63) is 68.1 Å². The summed E-state index contributed by atoms with van der Waals surface area (Å²) in [6, 6.07) is 7.52. The van der Waals surface area contributed by atoms with Gasteiger partial charge in [0.05, 0.1) is 21.8 Å². The molecule has 4 nitrogen and oxygen atoms in total. The summed E-state index contributed by atoms with van der Waals surface area (Å²) in [5.41, 5.74) is -0.283. The molecule has 162 valence electrons. The Kier molecular flexibility index (Phi) is 9.42. The van der Waals surface area contributed by atoms with Crippen molar-refractivity contribution in [2.45, 2.75) is 6.18 Å². The topological polar surface area (TPSA) is 40.0 Å². The van der Waals surface area contributed by atoms with Gasteiger partial charge < -0.3 is 14.3 Å². The second kappa shape index (κ2) is 11.6. The molecule has 0 spiro atoms. The van der Waals surface area contributed by atoms with Crippen LogP contribution in [0.1, 0.15) is 11.1 Å². The van der Waals surface area contributed by atoms with Gasteiger partial charge in [-0.1, -0.05) is 63.7 Å². The highest BCUT2D eigenvalue weighted by Gasteiger charge is 2.29. The Morgan fingerprint density at radius 1 is 0.967 bits per heavy atom. The van der Waals surface area contributed by atoms with E-state index in [1.165, 1.54) is 36.6 Å². The Bertz CT molecular complexity index is 876. The average molecular weight is 503 g/mol. The summed E-state index contributed by atoms with van der Waals surface area (Å²) in [6.45, 7) is 0.273. The van der Waals surface area contributed by atoms with E-state index in [1.807, 2.05) is 0 Å². The molecule has 0 aliphatic carbocycles. The van der Waals surface area contributed by atoms with Crippen LogP contribution < -0.4 is 9.47 Å². The van der Waals surface area contributed by atoms with Crippen LogP contribution in [-0.2, 0) is 11.0 Å². The van der Waals surface area contributed by atoms with Gasteiger partial charge in [0.25, 0.3) is 0 Å². The van der Waals surface area contributed by atoms with Gasteiger partial charge in [-0.2, -0.15) is 13.2 Å². The fourth-order valence-corrected chi connectivity index (χ4v) is 2.75. The predicted molar refractivity (Wildman–Crippen MR) is 112 cm³/mol. The zero-order chi connectivity index (χ0) is 22.1. The van der Waals surface area contributed by atoms with Crippen LogP contribution in [0.25, 0.3) is 0 Å². The fourth-order valence-electron chi connectivity index (χ4n) is 2.05. The van der Waals surface area contributed by atoms with Crippen LogP contribution >= 0.6 is 46.4 Å². The van der Waals surface area contributed by atoms with Crippen LogP contribution in [0.15, 0.2) is 52.1 Å². The number of nitrogens with zero attached hydrogens (tertiary/aromatic N) is 1. The molecular weight excluding hydrogens is 489 g/mol. The van der Waals surface area contributed by atoms with Gasteiger partial charge >= 0.3 is 6.18 Å². The summed E-state index contributed by atoms with van der Waals surface area (Å²) in [6.07, 6.45) is -1.64.